The van der Waals surface area contributed by atoms with Crippen LogP contribution in [0.2, 0.25) is 5.02 Å². The fourth-order valence-electron chi connectivity index (χ4n) is 1.39. The first kappa shape index (κ1) is 13.3. The van der Waals surface area contributed by atoms with E-state index < -0.39 is 17.8 Å². The number of hydrogen-bond donors (Lipinski definition) is 1. The molecule has 1 N–H and O–H groups in total. The van der Waals surface area contributed by atoms with Gasteiger partial charge in [-0.25, -0.2) is 0 Å². The van der Waals surface area contributed by atoms with Gasteiger partial charge in [-0.3, -0.25) is 0 Å². The molecule has 0 amide bonds. The topological polar surface area (TPSA) is 20.2 Å². The average molecular weight is 253 g/mol. The summed E-state index contributed by atoms with van der Waals surface area (Å²) in [5.41, 5.74) is -0.557. The molecule has 5 heteroatoms. The van der Waals surface area contributed by atoms with Crippen molar-refractivity contribution in [3.05, 3.63) is 34.3 Å². The fourth-order valence-corrected chi connectivity index (χ4v) is 1.57. The minimum Gasteiger partial charge on any atom is -0.393 e. The number of aryl methyl sites for hydroxylation is 1. The predicted molar refractivity (Wildman–Crippen MR) is 56.5 cm³/mol. The number of halogens is 4. The summed E-state index contributed by atoms with van der Waals surface area (Å²) in [6.45, 7) is 1.54. The van der Waals surface area contributed by atoms with Gasteiger partial charge in [-0.05, 0) is 37.5 Å². The Morgan fingerprint density at radius 2 is 2.00 bits per heavy atom. The lowest BCUT2D eigenvalue weighted by Gasteiger charge is -2.13. The summed E-state index contributed by atoms with van der Waals surface area (Å²) in [6.07, 6.45) is -4.54. The molecule has 0 heterocycles. The molecule has 0 radical (unpaired) electrons. The summed E-state index contributed by atoms with van der Waals surface area (Å²) in [5, 5.41) is 9.12. The van der Waals surface area contributed by atoms with E-state index >= 15 is 0 Å². The van der Waals surface area contributed by atoms with Gasteiger partial charge in [0.05, 0.1) is 11.7 Å². The molecule has 0 saturated carbocycles. The maximum absolute atomic E-state index is 12.6. The Hall–Kier alpha value is -0.740. The minimum absolute atomic E-state index is 0.0631. The minimum atomic E-state index is -4.40. The Kier molecular flexibility index (Phi) is 4.21. The van der Waals surface area contributed by atoms with Crippen LogP contribution >= 0.6 is 11.6 Å². The quantitative estimate of drug-likeness (QED) is 0.870. The molecule has 90 valence electrons. The fraction of sp³-hybridized carbons (Fsp3) is 0.455. The lowest BCUT2D eigenvalue weighted by Crippen LogP contribution is -2.11. The van der Waals surface area contributed by atoms with Crippen LogP contribution in [0.1, 0.15) is 24.5 Å². The van der Waals surface area contributed by atoms with Gasteiger partial charge in [0.25, 0.3) is 0 Å². The molecule has 1 aromatic carbocycles. The van der Waals surface area contributed by atoms with Gasteiger partial charge in [0, 0.05) is 5.02 Å². The molecule has 0 saturated heterocycles. The number of aliphatic hydroxyl groups excluding tert-OH is 1. The molecule has 0 fully saturated rings. The summed E-state index contributed by atoms with van der Waals surface area (Å²) < 4.78 is 37.9. The molecule has 1 rings (SSSR count). The number of hydrogen-bond acceptors (Lipinski definition) is 1. The van der Waals surface area contributed by atoms with E-state index in [9.17, 15) is 13.2 Å². The first-order chi connectivity index (χ1) is 7.30. The molecule has 1 atom stereocenters. The maximum Gasteiger partial charge on any atom is 0.416 e. The van der Waals surface area contributed by atoms with E-state index in [-0.39, 0.29) is 17.0 Å². The van der Waals surface area contributed by atoms with Crippen LogP contribution in [0.5, 0.6) is 0 Å². The van der Waals surface area contributed by atoms with Gasteiger partial charge in [-0.2, -0.15) is 13.2 Å². The standard InChI is InChI=1S/C11H12ClF3O/c1-7(16)2-3-8-4-5-9(12)6-10(8)11(13,14)15/h4-7,16H,2-3H2,1H3/t7-/m1/s1. The Morgan fingerprint density at radius 1 is 1.38 bits per heavy atom. The first-order valence-electron chi connectivity index (χ1n) is 4.84. The largest absolute Gasteiger partial charge is 0.416 e. The highest BCUT2D eigenvalue weighted by Crippen LogP contribution is 2.34. The van der Waals surface area contributed by atoms with E-state index in [1.807, 2.05) is 0 Å². The van der Waals surface area contributed by atoms with Crippen molar-refractivity contribution in [1.82, 2.24) is 0 Å². The van der Waals surface area contributed by atoms with Crippen LogP contribution in [0.3, 0.4) is 0 Å². The smallest absolute Gasteiger partial charge is 0.393 e. The van der Waals surface area contributed by atoms with Crippen molar-refractivity contribution < 1.29 is 18.3 Å². The zero-order valence-electron chi connectivity index (χ0n) is 8.68. The molecule has 0 aliphatic heterocycles. The van der Waals surface area contributed by atoms with Gasteiger partial charge >= 0.3 is 6.18 Å². The van der Waals surface area contributed by atoms with Crippen LogP contribution < -0.4 is 0 Å². The number of benzene rings is 1. The van der Waals surface area contributed by atoms with Gasteiger partial charge in [-0.15, -0.1) is 0 Å². The van der Waals surface area contributed by atoms with Crippen molar-refractivity contribution >= 4 is 11.6 Å². The zero-order valence-corrected chi connectivity index (χ0v) is 9.44. The molecule has 16 heavy (non-hydrogen) atoms. The second-order valence-corrected chi connectivity index (χ2v) is 4.12. The molecular formula is C11H12ClF3O. The highest BCUT2D eigenvalue weighted by Gasteiger charge is 2.33. The molecule has 0 aliphatic rings. The van der Waals surface area contributed by atoms with Crippen molar-refractivity contribution in [3.8, 4) is 0 Å². The summed E-state index contributed by atoms with van der Waals surface area (Å²) in [6, 6.07) is 3.70. The van der Waals surface area contributed by atoms with Crippen molar-refractivity contribution in [2.75, 3.05) is 0 Å². The van der Waals surface area contributed by atoms with Crippen LogP contribution in [0, 0.1) is 0 Å². The number of aliphatic hydroxyl groups is 1. The summed E-state index contributed by atoms with van der Waals surface area (Å²) >= 11 is 5.54. The van der Waals surface area contributed by atoms with Gasteiger partial charge < -0.3 is 5.11 Å². The lowest BCUT2D eigenvalue weighted by atomic mass is 10.0. The highest BCUT2D eigenvalue weighted by atomic mass is 35.5. The van der Waals surface area contributed by atoms with Crippen molar-refractivity contribution in [2.24, 2.45) is 0 Å². The second-order valence-electron chi connectivity index (χ2n) is 3.69. The third-order valence-electron chi connectivity index (χ3n) is 2.21. The monoisotopic (exact) mass is 252 g/mol. The van der Waals surface area contributed by atoms with Crippen LogP contribution in [0.4, 0.5) is 13.2 Å². The molecule has 1 nitrogen and oxygen atoms in total. The van der Waals surface area contributed by atoms with E-state index in [0.717, 1.165) is 6.07 Å². The van der Waals surface area contributed by atoms with Crippen LogP contribution in [-0.4, -0.2) is 11.2 Å². The molecule has 1 aromatic rings. The van der Waals surface area contributed by atoms with Crippen molar-refractivity contribution in [1.29, 1.82) is 0 Å². The normalized spacial score (nSPS) is 13.9. The SMILES string of the molecule is C[C@@H](O)CCc1ccc(Cl)cc1C(F)(F)F. The Morgan fingerprint density at radius 3 is 2.50 bits per heavy atom. The van der Waals surface area contributed by atoms with Gasteiger partial charge in [-0.1, -0.05) is 17.7 Å². The van der Waals surface area contributed by atoms with Crippen molar-refractivity contribution in [2.45, 2.75) is 32.0 Å². The van der Waals surface area contributed by atoms with E-state index in [1.54, 1.807) is 6.92 Å². The van der Waals surface area contributed by atoms with Crippen molar-refractivity contribution in [3.63, 3.8) is 0 Å². The van der Waals surface area contributed by atoms with Crippen LogP contribution in [0.25, 0.3) is 0 Å². The number of rotatable bonds is 3. The Bertz CT molecular complexity index is 361. The lowest BCUT2D eigenvalue weighted by molar-refractivity contribution is -0.138. The molecule has 0 aromatic heterocycles. The van der Waals surface area contributed by atoms with E-state index in [4.69, 9.17) is 16.7 Å². The van der Waals surface area contributed by atoms with Gasteiger partial charge in [0.2, 0.25) is 0 Å². The average Bonchev–Trinajstić information content (AvgIpc) is 2.14. The second kappa shape index (κ2) is 5.06. The first-order valence-corrected chi connectivity index (χ1v) is 5.22. The van der Waals surface area contributed by atoms with Gasteiger partial charge in [0.1, 0.15) is 0 Å². The van der Waals surface area contributed by atoms with Crippen LogP contribution in [0.15, 0.2) is 18.2 Å². The van der Waals surface area contributed by atoms with E-state index in [0.29, 0.717) is 6.42 Å². The van der Waals surface area contributed by atoms with Crippen LogP contribution in [-0.2, 0) is 12.6 Å². The molecule has 0 aliphatic carbocycles. The van der Waals surface area contributed by atoms with Gasteiger partial charge in [0.15, 0.2) is 0 Å². The zero-order chi connectivity index (χ0) is 12.3. The molecule has 0 spiro atoms. The number of alkyl halides is 3. The van der Waals surface area contributed by atoms with E-state index in [2.05, 4.69) is 0 Å². The predicted octanol–water partition coefficient (Wildman–Crippen LogP) is 3.67. The Labute approximate surface area is 96.9 Å². The molecule has 0 unspecified atom stereocenters. The molecular weight excluding hydrogens is 241 g/mol. The highest BCUT2D eigenvalue weighted by molar-refractivity contribution is 6.30. The summed E-state index contributed by atoms with van der Waals surface area (Å²) in [5.74, 6) is 0. The third-order valence-corrected chi connectivity index (χ3v) is 2.44. The van der Waals surface area contributed by atoms with E-state index in [1.165, 1.54) is 12.1 Å². The third kappa shape index (κ3) is 3.68. The summed E-state index contributed by atoms with van der Waals surface area (Å²) in [7, 11) is 0. The summed E-state index contributed by atoms with van der Waals surface area (Å²) in [4.78, 5) is 0. The Balaban J connectivity index is 2.99. The molecule has 0 bridgehead atoms. The maximum atomic E-state index is 12.6.